The highest BCUT2D eigenvalue weighted by Gasteiger charge is 2.36. The summed E-state index contributed by atoms with van der Waals surface area (Å²) in [4.78, 5) is 28.6. The first-order valence-corrected chi connectivity index (χ1v) is 8.37. The summed E-state index contributed by atoms with van der Waals surface area (Å²) in [6.45, 7) is 6.85. The molecular formula is C19H19N3O4. The molecule has 0 aliphatic carbocycles. The highest BCUT2D eigenvalue weighted by molar-refractivity contribution is 6.12. The molecule has 4 rings (SSSR count). The summed E-state index contributed by atoms with van der Waals surface area (Å²) in [7, 11) is 0. The minimum Gasteiger partial charge on any atom is -0.492 e. The first kappa shape index (κ1) is 16.4. The zero-order chi connectivity index (χ0) is 18.5. The lowest BCUT2D eigenvalue weighted by atomic mass is 9.85. The van der Waals surface area contributed by atoms with Gasteiger partial charge in [0.1, 0.15) is 18.0 Å². The van der Waals surface area contributed by atoms with Crippen molar-refractivity contribution in [2.45, 2.75) is 26.2 Å². The number of hydrogen-bond donors (Lipinski definition) is 1. The minimum atomic E-state index is -0.444. The van der Waals surface area contributed by atoms with Crippen LogP contribution in [0.2, 0.25) is 0 Å². The van der Waals surface area contributed by atoms with Crippen molar-refractivity contribution in [3.63, 3.8) is 0 Å². The van der Waals surface area contributed by atoms with Gasteiger partial charge in [-0.1, -0.05) is 19.9 Å². The third-order valence-electron chi connectivity index (χ3n) is 4.61. The molecular weight excluding hydrogens is 334 g/mol. The van der Waals surface area contributed by atoms with Crippen LogP contribution in [0.4, 0.5) is 10.5 Å². The molecule has 0 saturated carbocycles. The maximum Gasteiger partial charge on any atom is 0.329 e. The van der Waals surface area contributed by atoms with Gasteiger partial charge in [0.2, 0.25) is 11.8 Å². The Kier molecular flexibility index (Phi) is 3.61. The lowest BCUT2D eigenvalue weighted by Gasteiger charge is -2.19. The highest BCUT2D eigenvalue weighted by Crippen LogP contribution is 2.47. The molecule has 1 saturated heterocycles. The van der Waals surface area contributed by atoms with Gasteiger partial charge in [-0.3, -0.25) is 15.0 Å². The zero-order valence-electron chi connectivity index (χ0n) is 14.8. The first-order chi connectivity index (χ1) is 12.3. The average Bonchev–Trinajstić information content (AvgIpc) is 3.10. The number of carbonyl (C=O) groups is 2. The quantitative estimate of drug-likeness (QED) is 0.858. The van der Waals surface area contributed by atoms with Gasteiger partial charge in [-0.2, -0.15) is 0 Å². The number of pyridine rings is 1. The molecule has 7 heteroatoms. The van der Waals surface area contributed by atoms with Crippen molar-refractivity contribution >= 4 is 17.6 Å². The van der Waals surface area contributed by atoms with Crippen LogP contribution in [0.5, 0.6) is 17.4 Å². The van der Waals surface area contributed by atoms with Crippen LogP contribution in [-0.4, -0.2) is 30.1 Å². The van der Waals surface area contributed by atoms with Crippen molar-refractivity contribution in [3.8, 4) is 17.4 Å². The second-order valence-corrected chi connectivity index (χ2v) is 7.15. The summed E-state index contributed by atoms with van der Waals surface area (Å²) in [5.41, 5.74) is 2.50. The monoisotopic (exact) mass is 353 g/mol. The lowest BCUT2D eigenvalue weighted by molar-refractivity contribution is -0.117. The molecule has 1 aromatic heterocycles. The summed E-state index contributed by atoms with van der Waals surface area (Å²) in [6.07, 6.45) is 1.52. The zero-order valence-corrected chi connectivity index (χ0v) is 14.8. The highest BCUT2D eigenvalue weighted by atomic mass is 16.5. The molecule has 3 heterocycles. The van der Waals surface area contributed by atoms with E-state index in [1.54, 1.807) is 12.1 Å². The predicted molar refractivity (Wildman–Crippen MR) is 94.9 cm³/mol. The van der Waals surface area contributed by atoms with Crippen LogP contribution in [0, 0.1) is 6.92 Å². The molecule has 2 aliphatic heterocycles. The van der Waals surface area contributed by atoms with Gasteiger partial charge in [0, 0.05) is 17.0 Å². The summed E-state index contributed by atoms with van der Waals surface area (Å²) in [5, 5.41) is 2.24. The molecule has 7 nitrogen and oxygen atoms in total. The number of aromatic nitrogens is 1. The van der Waals surface area contributed by atoms with Crippen molar-refractivity contribution < 1.29 is 19.1 Å². The average molecular weight is 353 g/mol. The van der Waals surface area contributed by atoms with Gasteiger partial charge < -0.3 is 9.47 Å². The number of ether oxygens (including phenoxy) is 2. The summed E-state index contributed by atoms with van der Waals surface area (Å²) >= 11 is 0. The van der Waals surface area contributed by atoms with Crippen molar-refractivity contribution in [2.75, 3.05) is 18.1 Å². The standard InChI is InChI=1S/C19H19N3O4/c1-11-4-6-13(16-17(11)25-10-19(16,2)3)26-15-7-5-12(8-20-15)22-9-14(23)21-18(22)24/h4-8H,9-10H2,1-3H3,(H,21,23,24). The van der Waals surface area contributed by atoms with E-state index < -0.39 is 6.03 Å². The van der Waals surface area contributed by atoms with Gasteiger partial charge >= 0.3 is 6.03 Å². The third-order valence-corrected chi connectivity index (χ3v) is 4.61. The lowest BCUT2D eigenvalue weighted by Crippen LogP contribution is -2.27. The minimum absolute atomic E-state index is 0.00227. The molecule has 26 heavy (non-hydrogen) atoms. The fraction of sp³-hybridized carbons (Fsp3) is 0.316. The Labute approximate surface area is 150 Å². The molecule has 134 valence electrons. The Hall–Kier alpha value is -3.09. The van der Waals surface area contributed by atoms with Crippen molar-refractivity contribution in [1.29, 1.82) is 0 Å². The number of fused-ring (bicyclic) bond motifs is 1. The van der Waals surface area contributed by atoms with Crippen LogP contribution in [-0.2, 0) is 10.2 Å². The number of anilines is 1. The Morgan fingerprint density at radius 1 is 1.23 bits per heavy atom. The Morgan fingerprint density at radius 3 is 2.69 bits per heavy atom. The number of carbonyl (C=O) groups excluding carboxylic acids is 2. The van der Waals surface area contributed by atoms with Gasteiger partial charge in [-0.05, 0) is 24.6 Å². The van der Waals surface area contributed by atoms with E-state index in [1.165, 1.54) is 11.1 Å². The summed E-state index contributed by atoms with van der Waals surface area (Å²) in [5.74, 6) is 1.67. The number of benzene rings is 1. The van der Waals surface area contributed by atoms with Crippen LogP contribution >= 0.6 is 0 Å². The van der Waals surface area contributed by atoms with Crippen molar-refractivity contribution in [1.82, 2.24) is 10.3 Å². The van der Waals surface area contributed by atoms with Crippen LogP contribution in [0.15, 0.2) is 30.5 Å². The topological polar surface area (TPSA) is 80.8 Å². The van der Waals surface area contributed by atoms with Gasteiger partial charge in [-0.15, -0.1) is 0 Å². The number of urea groups is 1. The molecule has 2 aromatic rings. The van der Waals surface area contributed by atoms with E-state index in [0.717, 1.165) is 16.9 Å². The normalized spacial score (nSPS) is 17.7. The molecule has 0 bridgehead atoms. The van der Waals surface area contributed by atoms with E-state index >= 15 is 0 Å². The first-order valence-electron chi connectivity index (χ1n) is 8.37. The maximum absolute atomic E-state index is 11.7. The summed E-state index contributed by atoms with van der Waals surface area (Å²) in [6, 6.07) is 6.83. The fourth-order valence-corrected chi connectivity index (χ4v) is 3.26. The molecule has 0 atom stereocenters. The Morgan fingerprint density at radius 2 is 2.04 bits per heavy atom. The second-order valence-electron chi connectivity index (χ2n) is 7.15. The number of imide groups is 1. The molecule has 0 spiro atoms. The molecule has 1 aromatic carbocycles. The van der Waals surface area contributed by atoms with Crippen LogP contribution in [0.25, 0.3) is 0 Å². The second kappa shape index (κ2) is 5.72. The molecule has 1 N–H and O–H groups in total. The number of nitrogens with zero attached hydrogens (tertiary/aromatic N) is 2. The Bertz CT molecular complexity index is 906. The smallest absolute Gasteiger partial charge is 0.329 e. The van der Waals surface area contributed by atoms with E-state index in [-0.39, 0.29) is 17.9 Å². The molecule has 2 aliphatic rings. The largest absolute Gasteiger partial charge is 0.492 e. The van der Waals surface area contributed by atoms with Gasteiger partial charge in [0.15, 0.2) is 0 Å². The van der Waals surface area contributed by atoms with Gasteiger partial charge in [0.05, 0.1) is 18.5 Å². The Balaban J connectivity index is 1.61. The molecule has 3 amide bonds. The van der Waals surface area contributed by atoms with Gasteiger partial charge in [-0.25, -0.2) is 9.78 Å². The van der Waals surface area contributed by atoms with Crippen LogP contribution in [0.3, 0.4) is 0 Å². The van der Waals surface area contributed by atoms with Crippen LogP contribution < -0.4 is 19.7 Å². The number of rotatable bonds is 3. The van der Waals surface area contributed by atoms with E-state index in [2.05, 4.69) is 24.1 Å². The van der Waals surface area contributed by atoms with Gasteiger partial charge in [0.25, 0.3) is 0 Å². The SMILES string of the molecule is Cc1ccc(Oc2ccc(N3CC(=O)NC3=O)cn2)c2c1OCC2(C)C. The molecule has 0 unspecified atom stereocenters. The number of nitrogens with one attached hydrogen (secondary N) is 1. The van der Waals surface area contributed by atoms with E-state index in [9.17, 15) is 9.59 Å². The summed E-state index contributed by atoms with van der Waals surface area (Å²) < 4.78 is 11.8. The van der Waals surface area contributed by atoms with Crippen molar-refractivity contribution in [2.24, 2.45) is 0 Å². The van der Waals surface area contributed by atoms with Crippen molar-refractivity contribution in [3.05, 3.63) is 41.6 Å². The maximum atomic E-state index is 11.7. The van der Waals surface area contributed by atoms with Crippen LogP contribution in [0.1, 0.15) is 25.0 Å². The number of amides is 3. The fourth-order valence-electron chi connectivity index (χ4n) is 3.26. The van der Waals surface area contributed by atoms with E-state index in [0.29, 0.717) is 23.9 Å². The molecule has 1 fully saturated rings. The number of aryl methyl sites for hydroxylation is 1. The predicted octanol–water partition coefficient (Wildman–Crippen LogP) is 2.91. The number of hydrogen-bond acceptors (Lipinski definition) is 5. The van der Waals surface area contributed by atoms with E-state index in [1.807, 2.05) is 19.1 Å². The third kappa shape index (κ3) is 2.65. The molecule has 0 radical (unpaired) electrons. The van der Waals surface area contributed by atoms with E-state index in [4.69, 9.17) is 9.47 Å².